The number of rotatable bonds is 2. The maximum atomic E-state index is 5.23. The fraction of sp³-hybridized carbons (Fsp3) is 0.333. The average Bonchev–Trinajstić information content (AvgIpc) is 1.98. The second-order valence-corrected chi connectivity index (χ2v) is 2.81. The summed E-state index contributed by atoms with van der Waals surface area (Å²) < 4.78 is 0. The maximum Gasteiger partial charge on any atom is 0.0351 e. The van der Waals surface area contributed by atoms with E-state index in [9.17, 15) is 0 Å². The highest BCUT2D eigenvalue weighted by Gasteiger charge is 1.95. The summed E-state index contributed by atoms with van der Waals surface area (Å²) in [6.45, 7) is 4.92. The second-order valence-electron chi connectivity index (χ2n) is 2.81. The van der Waals surface area contributed by atoms with E-state index in [0.29, 0.717) is 0 Å². The van der Waals surface area contributed by atoms with Crippen LogP contribution in [0.1, 0.15) is 16.7 Å². The third-order valence-electron chi connectivity index (χ3n) is 1.80. The number of nitrogens with one attached hydrogen (secondary N) is 1. The molecule has 0 aliphatic carbocycles. The van der Waals surface area contributed by atoms with Gasteiger partial charge in [-0.25, -0.2) is 0 Å². The minimum atomic E-state index is 0. The highest BCUT2D eigenvalue weighted by atomic mass is 35.5. The molecule has 2 nitrogen and oxygen atoms in total. The number of hydrazine groups is 1. The van der Waals surface area contributed by atoms with Gasteiger partial charge >= 0.3 is 0 Å². The molecule has 76 valence electrons. The summed E-state index contributed by atoms with van der Waals surface area (Å²) in [5, 5.41) is 0. The molecule has 0 aromatic heterocycles. The van der Waals surface area contributed by atoms with Crippen molar-refractivity contribution < 1.29 is 0 Å². The Morgan fingerprint density at radius 3 is 2.38 bits per heavy atom. The van der Waals surface area contributed by atoms with Crippen molar-refractivity contribution in [2.45, 2.75) is 20.4 Å². The molecule has 0 unspecified atom stereocenters. The Labute approximate surface area is 91.7 Å². The first-order valence-electron chi connectivity index (χ1n) is 3.73. The maximum absolute atomic E-state index is 5.23. The fourth-order valence-corrected chi connectivity index (χ4v) is 1.10. The lowest BCUT2D eigenvalue weighted by molar-refractivity contribution is 0.737. The van der Waals surface area contributed by atoms with Crippen LogP contribution in [0.15, 0.2) is 18.2 Å². The quantitative estimate of drug-likeness (QED) is 0.595. The minimum absolute atomic E-state index is 0. The number of aryl methyl sites for hydroxylation is 2. The van der Waals surface area contributed by atoms with Gasteiger partial charge in [-0.15, -0.1) is 24.8 Å². The number of hydrogen-bond acceptors (Lipinski definition) is 2. The van der Waals surface area contributed by atoms with Gasteiger partial charge in [-0.3, -0.25) is 11.3 Å². The van der Waals surface area contributed by atoms with E-state index in [1.165, 1.54) is 16.7 Å². The summed E-state index contributed by atoms with van der Waals surface area (Å²) in [6, 6.07) is 6.37. The smallest absolute Gasteiger partial charge is 0.0351 e. The van der Waals surface area contributed by atoms with Crippen LogP contribution in [0.2, 0.25) is 0 Å². The minimum Gasteiger partial charge on any atom is -0.271 e. The summed E-state index contributed by atoms with van der Waals surface area (Å²) in [5.41, 5.74) is 6.49. The van der Waals surface area contributed by atoms with E-state index < -0.39 is 0 Å². The summed E-state index contributed by atoms with van der Waals surface area (Å²) in [5.74, 6) is 5.23. The highest BCUT2D eigenvalue weighted by molar-refractivity contribution is 5.85. The van der Waals surface area contributed by atoms with E-state index in [-0.39, 0.29) is 24.8 Å². The van der Waals surface area contributed by atoms with Crippen molar-refractivity contribution >= 4 is 24.8 Å². The first kappa shape index (κ1) is 15.2. The molecule has 0 heterocycles. The van der Waals surface area contributed by atoms with Crippen LogP contribution in [-0.2, 0) is 6.54 Å². The van der Waals surface area contributed by atoms with Gasteiger partial charge in [0, 0.05) is 6.54 Å². The summed E-state index contributed by atoms with van der Waals surface area (Å²) >= 11 is 0. The molecule has 13 heavy (non-hydrogen) atoms. The molecule has 1 rings (SSSR count). The molecule has 1 aromatic carbocycles. The van der Waals surface area contributed by atoms with Crippen molar-refractivity contribution in [3.8, 4) is 0 Å². The molecule has 0 saturated heterocycles. The Morgan fingerprint density at radius 2 is 1.85 bits per heavy atom. The molecule has 3 N–H and O–H groups in total. The number of nitrogens with two attached hydrogens (primary N) is 1. The Bertz CT molecular complexity index is 251. The Hall–Kier alpha value is -0.280. The van der Waals surface area contributed by atoms with Gasteiger partial charge in [0.1, 0.15) is 0 Å². The van der Waals surface area contributed by atoms with Crippen molar-refractivity contribution in [1.29, 1.82) is 0 Å². The number of hydrogen-bond donors (Lipinski definition) is 2. The molecule has 0 aliphatic heterocycles. The number of benzene rings is 1. The lowest BCUT2D eigenvalue weighted by Crippen LogP contribution is -2.21. The zero-order valence-corrected chi connectivity index (χ0v) is 9.47. The van der Waals surface area contributed by atoms with Gasteiger partial charge in [-0.05, 0) is 25.0 Å². The van der Waals surface area contributed by atoms with Crippen molar-refractivity contribution in [1.82, 2.24) is 5.43 Å². The largest absolute Gasteiger partial charge is 0.271 e. The van der Waals surface area contributed by atoms with Crippen LogP contribution in [0.5, 0.6) is 0 Å². The third kappa shape index (κ3) is 4.48. The monoisotopic (exact) mass is 222 g/mol. The summed E-state index contributed by atoms with van der Waals surface area (Å²) in [7, 11) is 0. The Balaban J connectivity index is 0. The standard InChI is InChI=1S/C9H14N2.2ClH/c1-7-3-4-8(2)9(5-7)6-11-10;;/h3-5,11H,6,10H2,1-2H3;2*1H. The average molecular weight is 223 g/mol. The molecule has 0 radical (unpaired) electrons. The van der Waals surface area contributed by atoms with Gasteiger partial charge in [0.25, 0.3) is 0 Å². The molecule has 0 aliphatic rings. The predicted octanol–water partition coefficient (Wildman–Crippen LogP) is 2.11. The van der Waals surface area contributed by atoms with Crippen LogP contribution in [0.25, 0.3) is 0 Å². The van der Waals surface area contributed by atoms with Gasteiger partial charge in [0.05, 0.1) is 0 Å². The van der Waals surface area contributed by atoms with Crippen LogP contribution in [0.4, 0.5) is 0 Å². The van der Waals surface area contributed by atoms with Crippen molar-refractivity contribution in [2.24, 2.45) is 5.84 Å². The van der Waals surface area contributed by atoms with Crippen molar-refractivity contribution in [3.63, 3.8) is 0 Å². The first-order valence-corrected chi connectivity index (χ1v) is 3.73. The molecular weight excluding hydrogens is 207 g/mol. The molecule has 0 atom stereocenters. The van der Waals surface area contributed by atoms with E-state index in [1.54, 1.807) is 0 Å². The zero-order chi connectivity index (χ0) is 8.27. The van der Waals surface area contributed by atoms with E-state index >= 15 is 0 Å². The topological polar surface area (TPSA) is 38.0 Å². The lowest BCUT2D eigenvalue weighted by atomic mass is 10.1. The predicted molar refractivity (Wildman–Crippen MR) is 61.4 cm³/mol. The molecule has 0 spiro atoms. The molecule has 0 saturated carbocycles. The summed E-state index contributed by atoms with van der Waals surface area (Å²) in [6.07, 6.45) is 0. The summed E-state index contributed by atoms with van der Waals surface area (Å²) in [4.78, 5) is 0. The van der Waals surface area contributed by atoms with Crippen LogP contribution < -0.4 is 11.3 Å². The van der Waals surface area contributed by atoms with Crippen molar-refractivity contribution in [2.75, 3.05) is 0 Å². The van der Waals surface area contributed by atoms with Gasteiger partial charge in [0.2, 0.25) is 0 Å². The van der Waals surface area contributed by atoms with Gasteiger partial charge < -0.3 is 0 Å². The van der Waals surface area contributed by atoms with Gasteiger partial charge in [0.15, 0.2) is 0 Å². The van der Waals surface area contributed by atoms with Crippen molar-refractivity contribution in [3.05, 3.63) is 34.9 Å². The normalized spacial score (nSPS) is 8.54. The van der Waals surface area contributed by atoms with E-state index in [2.05, 4.69) is 37.5 Å². The lowest BCUT2D eigenvalue weighted by Gasteiger charge is -2.05. The molecule has 0 amide bonds. The van der Waals surface area contributed by atoms with Gasteiger partial charge in [-0.2, -0.15) is 0 Å². The molecular formula is C9H16Cl2N2. The fourth-order valence-electron chi connectivity index (χ4n) is 1.10. The highest BCUT2D eigenvalue weighted by Crippen LogP contribution is 2.09. The van der Waals surface area contributed by atoms with E-state index in [1.807, 2.05) is 0 Å². The molecule has 4 heteroatoms. The molecule has 0 bridgehead atoms. The number of halogens is 2. The van der Waals surface area contributed by atoms with Crippen LogP contribution >= 0.6 is 24.8 Å². The van der Waals surface area contributed by atoms with Crippen LogP contribution in [0, 0.1) is 13.8 Å². The molecule has 0 fully saturated rings. The zero-order valence-electron chi connectivity index (χ0n) is 7.83. The second kappa shape index (κ2) is 7.15. The van der Waals surface area contributed by atoms with Crippen LogP contribution in [0.3, 0.4) is 0 Å². The Morgan fingerprint density at radius 1 is 1.23 bits per heavy atom. The Kier molecular flexibility index (Phi) is 8.37. The van der Waals surface area contributed by atoms with Crippen LogP contribution in [-0.4, -0.2) is 0 Å². The third-order valence-corrected chi connectivity index (χ3v) is 1.80. The van der Waals surface area contributed by atoms with Gasteiger partial charge in [-0.1, -0.05) is 23.8 Å². The molecule has 1 aromatic rings. The van der Waals surface area contributed by atoms with E-state index in [0.717, 1.165) is 6.54 Å². The van der Waals surface area contributed by atoms with E-state index in [4.69, 9.17) is 5.84 Å². The first-order chi connectivity index (χ1) is 5.24. The SMILES string of the molecule is Cc1ccc(C)c(CNN)c1.Cl.Cl.